The number of esters is 1. The summed E-state index contributed by atoms with van der Waals surface area (Å²) >= 11 is 0. The fourth-order valence-electron chi connectivity index (χ4n) is 1.96. The van der Waals surface area contributed by atoms with Crippen molar-refractivity contribution in [2.75, 3.05) is 7.11 Å². The Labute approximate surface area is 133 Å². The molecule has 0 unspecified atom stereocenters. The van der Waals surface area contributed by atoms with Crippen LogP contribution in [0, 0.1) is 6.92 Å². The second kappa shape index (κ2) is 7.22. The van der Waals surface area contributed by atoms with E-state index in [-0.39, 0.29) is 0 Å². The predicted molar refractivity (Wildman–Crippen MR) is 83.9 cm³/mol. The van der Waals surface area contributed by atoms with E-state index in [2.05, 4.69) is 15.6 Å². The molecule has 118 valence electrons. The molecule has 0 aliphatic carbocycles. The molecule has 0 saturated heterocycles. The minimum absolute atomic E-state index is 0.308. The first-order valence-electron chi connectivity index (χ1n) is 6.87. The summed E-state index contributed by atoms with van der Waals surface area (Å²) in [6.07, 6.45) is 0. The lowest BCUT2D eigenvalue weighted by molar-refractivity contribution is 0.0600. The zero-order valence-electron chi connectivity index (χ0n) is 12.8. The molecule has 2 aromatic carbocycles. The number of hydrogen-bond donors (Lipinski definition) is 2. The van der Waals surface area contributed by atoms with Crippen molar-refractivity contribution in [1.82, 2.24) is 10.9 Å². The van der Waals surface area contributed by atoms with Crippen LogP contribution in [0.1, 0.15) is 36.6 Å². The highest BCUT2D eigenvalue weighted by Crippen LogP contribution is 2.07. The van der Waals surface area contributed by atoms with E-state index in [4.69, 9.17) is 0 Å². The van der Waals surface area contributed by atoms with Crippen LogP contribution in [0.4, 0.5) is 0 Å². The van der Waals surface area contributed by atoms with Gasteiger partial charge in [-0.3, -0.25) is 20.4 Å². The van der Waals surface area contributed by atoms with E-state index < -0.39 is 17.8 Å². The highest BCUT2D eigenvalue weighted by atomic mass is 16.5. The molecule has 0 heterocycles. The normalized spacial score (nSPS) is 9.83. The third-order valence-corrected chi connectivity index (χ3v) is 3.25. The fraction of sp³-hybridized carbons (Fsp3) is 0.118. The Morgan fingerprint density at radius 1 is 0.826 bits per heavy atom. The Morgan fingerprint density at radius 3 is 2.00 bits per heavy atom. The summed E-state index contributed by atoms with van der Waals surface area (Å²) < 4.78 is 4.58. The molecule has 0 aliphatic heterocycles. The maximum atomic E-state index is 12.0. The lowest BCUT2D eigenvalue weighted by Crippen LogP contribution is -2.41. The molecule has 0 aromatic heterocycles. The van der Waals surface area contributed by atoms with Crippen LogP contribution < -0.4 is 10.9 Å². The van der Waals surface area contributed by atoms with Gasteiger partial charge < -0.3 is 4.74 Å². The van der Waals surface area contributed by atoms with Gasteiger partial charge in [0.05, 0.1) is 12.7 Å². The predicted octanol–water partition coefficient (Wildman–Crippen LogP) is 1.86. The van der Waals surface area contributed by atoms with Crippen molar-refractivity contribution >= 4 is 17.8 Å². The third kappa shape index (κ3) is 3.94. The summed E-state index contributed by atoms with van der Waals surface area (Å²) in [5, 5.41) is 0. The molecule has 2 rings (SSSR count). The third-order valence-electron chi connectivity index (χ3n) is 3.25. The van der Waals surface area contributed by atoms with Gasteiger partial charge in [-0.2, -0.15) is 0 Å². The first-order valence-corrected chi connectivity index (χ1v) is 6.87. The molecule has 0 radical (unpaired) electrons. The lowest BCUT2D eigenvalue weighted by atomic mass is 10.1. The van der Waals surface area contributed by atoms with E-state index in [0.29, 0.717) is 16.7 Å². The highest BCUT2D eigenvalue weighted by Gasteiger charge is 2.11. The number of rotatable bonds is 3. The topological polar surface area (TPSA) is 84.5 Å². The molecule has 0 fully saturated rings. The van der Waals surface area contributed by atoms with Gasteiger partial charge in [-0.05, 0) is 42.8 Å². The zero-order chi connectivity index (χ0) is 16.8. The van der Waals surface area contributed by atoms with Crippen LogP contribution in [0.3, 0.4) is 0 Å². The number of ether oxygens (including phenoxy) is 1. The van der Waals surface area contributed by atoms with Gasteiger partial charge in [0.25, 0.3) is 11.8 Å². The molecule has 6 heteroatoms. The van der Waals surface area contributed by atoms with Crippen LogP contribution in [0.15, 0.2) is 48.5 Å². The van der Waals surface area contributed by atoms with E-state index in [1.54, 1.807) is 12.1 Å². The van der Waals surface area contributed by atoms with Gasteiger partial charge in [0, 0.05) is 11.1 Å². The summed E-state index contributed by atoms with van der Waals surface area (Å²) in [5.74, 6) is -1.37. The van der Waals surface area contributed by atoms with E-state index in [9.17, 15) is 14.4 Å². The number of hydrazine groups is 1. The molecule has 0 bridgehead atoms. The van der Waals surface area contributed by atoms with E-state index in [1.165, 1.54) is 31.4 Å². The number of amides is 2. The van der Waals surface area contributed by atoms with Gasteiger partial charge in [0.15, 0.2) is 0 Å². The second-order valence-electron chi connectivity index (χ2n) is 4.79. The number of aryl methyl sites for hydroxylation is 1. The number of benzene rings is 2. The fourth-order valence-corrected chi connectivity index (χ4v) is 1.96. The van der Waals surface area contributed by atoms with Crippen LogP contribution in [0.25, 0.3) is 0 Å². The Kier molecular flexibility index (Phi) is 5.09. The number of carbonyl (C=O) groups is 3. The van der Waals surface area contributed by atoms with Gasteiger partial charge in [-0.15, -0.1) is 0 Å². The SMILES string of the molecule is COC(=O)c1ccc(C(=O)NNC(=O)c2ccccc2C)cc1. The van der Waals surface area contributed by atoms with Crippen LogP contribution >= 0.6 is 0 Å². The Hall–Kier alpha value is -3.15. The van der Waals surface area contributed by atoms with Gasteiger partial charge >= 0.3 is 5.97 Å². The Balaban J connectivity index is 1.98. The van der Waals surface area contributed by atoms with Gasteiger partial charge in [-0.1, -0.05) is 18.2 Å². The average molecular weight is 312 g/mol. The molecule has 0 aliphatic rings. The van der Waals surface area contributed by atoms with E-state index in [0.717, 1.165) is 5.56 Å². The molecule has 23 heavy (non-hydrogen) atoms. The summed E-state index contributed by atoms with van der Waals surface area (Å²) in [5.41, 5.74) is 6.63. The van der Waals surface area contributed by atoms with Crippen LogP contribution in [0.2, 0.25) is 0 Å². The van der Waals surface area contributed by atoms with Crippen molar-refractivity contribution in [3.63, 3.8) is 0 Å². The molecule has 2 N–H and O–H groups in total. The lowest BCUT2D eigenvalue weighted by Gasteiger charge is -2.09. The Bertz CT molecular complexity index is 739. The molecule has 0 spiro atoms. The van der Waals surface area contributed by atoms with Crippen molar-refractivity contribution in [2.45, 2.75) is 6.92 Å². The number of carbonyl (C=O) groups excluding carboxylic acids is 3. The summed E-state index contributed by atoms with van der Waals surface area (Å²) in [4.78, 5) is 35.3. The minimum Gasteiger partial charge on any atom is -0.465 e. The van der Waals surface area contributed by atoms with Gasteiger partial charge in [-0.25, -0.2) is 4.79 Å². The standard InChI is InChI=1S/C17H16N2O4/c1-11-5-3-4-6-14(11)16(21)19-18-15(20)12-7-9-13(10-8-12)17(22)23-2/h3-10H,1-2H3,(H,18,20)(H,19,21). The number of nitrogens with one attached hydrogen (secondary N) is 2. The van der Waals surface area contributed by atoms with Crippen molar-refractivity contribution in [3.05, 3.63) is 70.8 Å². The quantitative estimate of drug-likeness (QED) is 0.669. The average Bonchev–Trinajstić information content (AvgIpc) is 2.59. The van der Waals surface area contributed by atoms with Crippen LogP contribution in [0.5, 0.6) is 0 Å². The molecular formula is C17H16N2O4. The van der Waals surface area contributed by atoms with Crippen molar-refractivity contribution < 1.29 is 19.1 Å². The zero-order valence-corrected chi connectivity index (χ0v) is 12.8. The molecule has 2 aromatic rings. The van der Waals surface area contributed by atoms with E-state index in [1.807, 2.05) is 19.1 Å². The van der Waals surface area contributed by atoms with E-state index >= 15 is 0 Å². The first kappa shape index (κ1) is 16.2. The highest BCUT2D eigenvalue weighted by molar-refractivity contribution is 6.00. The molecule has 0 atom stereocenters. The molecular weight excluding hydrogens is 296 g/mol. The summed E-state index contributed by atoms with van der Waals surface area (Å²) in [7, 11) is 1.28. The second-order valence-corrected chi connectivity index (χ2v) is 4.79. The van der Waals surface area contributed by atoms with Crippen LogP contribution in [-0.2, 0) is 4.74 Å². The number of methoxy groups -OCH3 is 1. The smallest absolute Gasteiger partial charge is 0.337 e. The summed E-state index contributed by atoms with van der Waals surface area (Å²) in [6, 6.07) is 12.9. The Morgan fingerprint density at radius 2 is 1.39 bits per heavy atom. The van der Waals surface area contributed by atoms with Gasteiger partial charge in [0.1, 0.15) is 0 Å². The molecule has 0 saturated carbocycles. The van der Waals surface area contributed by atoms with Crippen molar-refractivity contribution in [1.29, 1.82) is 0 Å². The summed E-state index contributed by atoms with van der Waals surface area (Å²) in [6.45, 7) is 1.81. The van der Waals surface area contributed by atoms with Crippen molar-refractivity contribution in [2.24, 2.45) is 0 Å². The maximum Gasteiger partial charge on any atom is 0.337 e. The maximum absolute atomic E-state index is 12.0. The molecule has 2 amide bonds. The minimum atomic E-state index is -0.483. The van der Waals surface area contributed by atoms with Crippen LogP contribution in [-0.4, -0.2) is 24.9 Å². The van der Waals surface area contributed by atoms with Crippen molar-refractivity contribution in [3.8, 4) is 0 Å². The monoisotopic (exact) mass is 312 g/mol. The number of hydrogen-bond acceptors (Lipinski definition) is 4. The molecule has 6 nitrogen and oxygen atoms in total. The van der Waals surface area contributed by atoms with Gasteiger partial charge in [0.2, 0.25) is 0 Å². The first-order chi connectivity index (χ1) is 11.0. The largest absolute Gasteiger partial charge is 0.465 e.